The van der Waals surface area contributed by atoms with E-state index in [1.54, 1.807) is 7.11 Å². The number of methoxy groups -OCH3 is 1. The van der Waals surface area contributed by atoms with Crippen molar-refractivity contribution in [2.24, 2.45) is 5.73 Å². The molecule has 0 atom stereocenters. The van der Waals surface area contributed by atoms with Gasteiger partial charge in [0, 0.05) is 10.9 Å². The summed E-state index contributed by atoms with van der Waals surface area (Å²) in [6, 6.07) is 12.4. The zero-order valence-corrected chi connectivity index (χ0v) is 9.36. The van der Waals surface area contributed by atoms with Gasteiger partial charge in [-0.3, -0.25) is 0 Å². The summed E-state index contributed by atoms with van der Waals surface area (Å²) in [5.74, 6) is 0.921. The molecule has 0 saturated heterocycles. The van der Waals surface area contributed by atoms with E-state index >= 15 is 0 Å². The van der Waals surface area contributed by atoms with Crippen LogP contribution in [0.3, 0.4) is 0 Å². The van der Waals surface area contributed by atoms with Crippen molar-refractivity contribution in [2.45, 2.75) is 18.4 Å². The fourth-order valence-corrected chi connectivity index (χ4v) is 2.30. The summed E-state index contributed by atoms with van der Waals surface area (Å²) in [7, 11) is 1.71. The van der Waals surface area contributed by atoms with Crippen LogP contribution in [0, 0.1) is 0 Å². The minimum Gasteiger partial charge on any atom is -0.496 e. The van der Waals surface area contributed by atoms with Crippen LogP contribution < -0.4 is 10.5 Å². The quantitative estimate of drug-likeness (QED) is 0.832. The van der Waals surface area contributed by atoms with Crippen LogP contribution in [0.4, 0.5) is 0 Å². The van der Waals surface area contributed by atoms with Gasteiger partial charge in [-0.25, -0.2) is 0 Å². The molecule has 3 rings (SSSR count). The second-order valence-electron chi connectivity index (χ2n) is 4.52. The van der Waals surface area contributed by atoms with E-state index in [-0.39, 0.29) is 5.54 Å². The first-order chi connectivity index (χ1) is 7.74. The third-order valence-electron chi connectivity index (χ3n) is 3.41. The summed E-state index contributed by atoms with van der Waals surface area (Å²) in [5.41, 5.74) is 7.41. The molecule has 0 amide bonds. The largest absolute Gasteiger partial charge is 0.496 e. The van der Waals surface area contributed by atoms with Gasteiger partial charge in [0.2, 0.25) is 0 Å². The Morgan fingerprint density at radius 2 is 1.81 bits per heavy atom. The Hall–Kier alpha value is -1.54. The van der Waals surface area contributed by atoms with Crippen molar-refractivity contribution >= 4 is 10.8 Å². The lowest BCUT2D eigenvalue weighted by Crippen LogP contribution is -2.19. The smallest absolute Gasteiger partial charge is 0.127 e. The van der Waals surface area contributed by atoms with Crippen molar-refractivity contribution in [1.82, 2.24) is 0 Å². The van der Waals surface area contributed by atoms with Crippen LogP contribution in [0.25, 0.3) is 10.8 Å². The Bertz CT molecular complexity index is 538. The van der Waals surface area contributed by atoms with Crippen molar-refractivity contribution in [3.8, 4) is 5.75 Å². The van der Waals surface area contributed by atoms with Gasteiger partial charge in [-0.2, -0.15) is 0 Å². The Morgan fingerprint density at radius 3 is 2.44 bits per heavy atom. The number of hydrogen-bond acceptors (Lipinski definition) is 2. The summed E-state index contributed by atoms with van der Waals surface area (Å²) in [6.45, 7) is 0. The lowest BCUT2D eigenvalue weighted by Gasteiger charge is -2.15. The molecule has 1 aliphatic rings. The van der Waals surface area contributed by atoms with Crippen LogP contribution in [0.15, 0.2) is 36.4 Å². The average Bonchev–Trinajstić information content (AvgIpc) is 3.07. The van der Waals surface area contributed by atoms with E-state index in [9.17, 15) is 0 Å². The van der Waals surface area contributed by atoms with Crippen molar-refractivity contribution in [2.75, 3.05) is 7.11 Å². The van der Waals surface area contributed by atoms with Gasteiger partial charge in [0.25, 0.3) is 0 Å². The van der Waals surface area contributed by atoms with E-state index < -0.39 is 0 Å². The molecule has 0 spiro atoms. The Balaban J connectivity index is 2.35. The third kappa shape index (κ3) is 1.30. The van der Waals surface area contributed by atoms with Crippen LogP contribution in [-0.2, 0) is 5.54 Å². The monoisotopic (exact) mass is 213 g/mol. The lowest BCUT2D eigenvalue weighted by atomic mass is 9.97. The number of ether oxygens (including phenoxy) is 1. The molecule has 2 heteroatoms. The van der Waals surface area contributed by atoms with Crippen LogP contribution in [0.2, 0.25) is 0 Å². The van der Waals surface area contributed by atoms with E-state index in [4.69, 9.17) is 10.5 Å². The molecule has 0 aromatic heterocycles. The number of hydrogen-bond donors (Lipinski definition) is 1. The molecule has 0 heterocycles. The highest BCUT2D eigenvalue weighted by Gasteiger charge is 2.41. The van der Waals surface area contributed by atoms with Crippen molar-refractivity contribution in [3.05, 3.63) is 42.0 Å². The zero-order valence-electron chi connectivity index (χ0n) is 9.36. The first-order valence-electron chi connectivity index (χ1n) is 5.60. The van der Waals surface area contributed by atoms with Gasteiger partial charge >= 0.3 is 0 Å². The lowest BCUT2D eigenvalue weighted by molar-refractivity contribution is 0.419. The van der Waals surface area contributed by atoms with Gasteiger partial charge in [0.15, 0.2) is 0 Å². The van der Waals surface area contributed by atoms with Crippen LogP contribution in [0.5, 0.6) is 5.75 Å². The summed E-state index contributed by atoms with van der Waals surface area (Å²) in [5, 5.41) is 2.38. The van der Waals surface area contributed by atoms with Gasteiger partial charge in [-0.1, -0.05) is 30.3 Å². The van der Waals surface area contributed by atoms with Crippen LogP contribution >= 0.6 is 0 Å². The van der Waals surface area contributed by atoms with Gasteiger partial charge in [0.1, 0.15) is 5.75 Å². The highest BCUT2D eigenvalue weighted by atomic mass is 16.5. The minimum atomic E-state index is -0.117. The molecule has 0 bridgehead atoms. The molecule has 2 aromatic rings. The Kier molecular flexibility index (Phi) is 1.95. The fraction of sp³-hybridized carbons (Fsp3) is 0.286. The molecule has 0 radical (unpaired) electrons. The molecular weight excluding hydrogens is 198 g/mol. The van der Waals surface area contributed by atoms with E-state index in [0.717, 1.165) is 18.6 Å². The van der Waals surface area contributed by atoms with E-state index in [1.165, 1.54) is 16.3 Å². The molecule has 2 nitrogen and oxygen atoms in total. The van der Waals surface area contributed by atoms with Crippen molar-refractivity contribution < 1.29 is 4.74 Å². The number of nitrogens with two attached hydrogens (primary N) is 1. The summed E-state index contributed by atoms with van der Waals surface area (Å²) >= 11 is 0. The molecule has 0 unspecified atom stereocenters. The summed E-state index contributed by atoms with van der Waals surface area (Å²) < 4.78 is 5.44. The van der Waals surface area contributed by atoms with Gasteiger partial charge in [-0.15, -0.1) is 0 Å². The maximum Gasteiger partial charge on any atom is 0.127 e. The van der Waals surface area contributed by atoms with Crippen molar-refractivity contribution in [1.29, 1.82) is 0 Å². The second-order valence-corrected chi connectivity index (χ2v) is 4.52. The molecule has 16 heavy (non-hydrogen) atoms. The topological polar surface area (TPSA) is 35.2 Å². The first-order valence-corrected chi connectivity index (χ1v) is 5.60. The Morgan fingerprint density at radius 1 is 1.12 bits per heavy atom. The van der Waals surface area contributed by atoms with Gasteiger partial charge in [0.05, 0.1) is 7.11 Å². The maximum atomic E-state index is 6.30. The number of benzene rings is 2. The standard InChI is InChI=1S/C14H15NO/c1-16-12-7-3-5-10-4-2-6-11(13(10)12)14(15)8-9-14/h2-7H,8-9,15H2,1H3. The molecule has 2 N–H and O–H groups in total. The molecule has 1 fully saturated rings. The summed E-state index contributed by atoms with van der Waals surface area (Å²) in [4.78, 5) is 0. The summed E-state index contributed by atoms with van der Waals surface area (Å²) in [6.07, 6.45) is 2.15. The second kappa shape index (κ2) is 3.22. The average molecular weight is 213 g/mol. The van der Waals surface area contributed by atoms with E-state index in [2.05, 4.69) is 24.3 Å². The van der Waals surface area contributed by atoms with Crippen LogP contribution in [-0.4, -0.2) is 7.11 Å². The Labute approximate surface area is 95.0 Å². The highest BCUT2D eigenvalue weighted by molar-refractivity contribution is 5.92. The predicted octanol–water partition coefficient (Wildman–Crippen LogP) is 2.80. The SMILES string of the molecule is COc1cccc2cccc(C3(N)CC3)c12. The first kappa shape index (κ1) is 9.67. The molecule has 2 aromatic carbocycles. The predicted molar refractivity (Wildman–Crippen MR) is 65.6 cm³/mol. The van der Waals surface area contributed by atoms with Gasteiger partial charge in [-0.05, 0) is 29.9 Å². The number of rotatable bonds is 2. The molecule has 1 aliphatic carbocycles. The van der Waals surface area contributed by atoms with Crippen LogP contribution in [0.1, 0.15) is 18.4 Å². The zero-order chi connectivity index (χ0) is 11.2. The number of fused-ring (bicyclic) bond motifs is 1. The normalized spacial score (nSPS) is 17.4. The third-order valence-corrected chi connectivity index (χ3v) is 3.41. The molecule has 82 valence electrons. The van der Waals surface area contributed by atoms with E-state index in [1.807, 2.05) is 12.1 Å². The maximum absolute atomic E-state index is 6.30. The minimum absolute atomic E-state index is 0.117. The highest BCUT2D eigenvalue weighted by Crippen LogP contribution is 2.47. The van der Waals surface area contributed by atoms with Gasteiger partial charge < -0.3 is 10.5 Å². The van der Waals surface area contributed by atoms with E-state index in [0.29, 0.717) is 0 Å². The van der Waals surface area contributed by atoms with Crippen molar-refractivity contribution in [3.63, 3.8) is 0 Å². The molecule has 0 aliphatic heterocycles. The fourth-order valence-electron chi connectivity index (χ4n) is 2.30. The molecular formula is C14H15NO. The molecule has 1 saturated carbocycles.